The molecule has 0 spiro atoms. The smallest absolute Gasteiger partial charge is 0.335 e. The molecule has 0 bridgehead atoms. The fourth-order valence-electron chi connectivity index (χ4n) is 2.42. The molecule has 0 unspecified atom stereocenters. The van der Waals surface area contributed by atoms with Crippen LogP contribution in [0.5, 0.6) is 0 Å². The summed E-state index contributed by atoms with van der Waals surface area (Å²) in [5, 5.41) is 8.93. The van der Waals surface area contributed by atoms with Gasteiger partial charge in [-0.05, 0) is 44.0 Å². The van der Waals surface area contributed by atoms with Crippen molar-refractivity contribution in [1.29, 1.82) is 0 Å². The van der Waals surface area contributed by atoms with E-state index >= 15 is 0 Å². The lowest BCUT2D eigenvalue weighted by molar-refractivity contribution is 0.0696. The fourth-order valence-corrected chi connectivity index (χ4v) is 2.92. The zero-order valence-electron chi connectivity index (χ0n) is 10.5. The predicted molar refractivity (Wildman–Crippen MR) is 74.8 cm³/mol. The molecule has 2 rings (SSSR count). The average molecular weight is 312 g/mol. The van der Waals surface area contributed by atoms with Gasteiger partial charge in [-0.1, -0.05) is 28.4 Å². The summed E-state index contributed by atoms with van der Waals surface area (Å²) in [6, 6.07) is 5.89. The molecule has 1 heterocycles. The van der Waals surface area contributed by atoms with Crippen LogP contribution < -0.4 is 0 Å². The molecular formula is C14H18BrNO2. The Bertz CT molecular complexity index is 447. The largest absolute Gasteiger partial charge is 0.478 e. The Morgan fingerprint density at radius 1 is 1.50 bits per heavy atom. The van der Waals surface area contributed by atoms with Gasteiger partial charge in [0.15, 0.2) is 0 Å². The number of aromatic carboxylic acids is 1. The molecule has 1 aromatic rings. The van der Waals surface area contributed by atoms with Crippen LogP contribution in [0.15, 0.2) is 22.7 Å². The van der Waals surface area contributed by atoms with E-state index in [2.05, 4.69) is 27.8 Å². The van der Waals surface area contributed by atoms with Crippen molar-refractivity contribution < 1.29 is 9.90 Å². The Morgan fingerprint density at radius 2 is 2.28 bits per heavy atom. The van der Waals surface area contributed by atoms with Crippen molar-refractivity contribution in [2.75, 3.05) is 6.54 Å². The Hall–Kier alpha value is -0.870. The van der Waals surface area contributed by atoms with E-state index < -0.39 is 5.97 Å². The van der Waals surface area contributed by atoms with Gasteiger partial charge in [-0.3, -0.25) is 4.90 Å². The van der Waals surface area contributed by atoms with Crippen molar-refractivity contribution in [2.45, 2.75) is 38.8 Å². The summed E-state index contributed by atoms with van der Waals surface area (Å²) < 4.78 is 0.889. The quantitative estimate of drug-likeness (QED) is 0.928. The van der Waals surface area contributed by atoms with Crippen LogP contribution in [0.1, 0.15) is 42.1 Å². The molecule has 3 nitrogen and oxygen atoms in total. The first-order valence-electron chi connectivity index (χ1n) is 6.33. The monoisotopic (exact) mass is 311 g/mol. The van der Waals surface area contributed by atoms with Crippen molar-refractivity contribution in [3.05, 3.63) is 33.8 Å². The third kappa shape index (κ3) is 3.12. The zero-order chi connectivity index (χ0) is 13.1. The van der Waals surface area contributed by atoms with Gasteiger partial charge < -0.3 is 5.11 Å². The number of benzene rings is 1. The van der Waals surface area contributed by atoms with E-state index in [1.165, 1.54) is 19.3 Å². The van der Waals surface area contributed by atoms with E-state index in [1.54, 1.807) is 12.1 Å². The summed E-state index contributed by atoms with van der Waals surface area (Å²) in [6.07, 6.45) is 3.83. The highest BCUT2D eigenvalue weighted by molar-refractivity contribution is 9.10. The number of carbonyl (C=O) groups is 1. The molecule has 1 aromatic carbocycles. The molecule has 1 atom stereocenters. The van der Waals surface area contributed by atoms with Crippen LogP contribution >= 0.6 is 15.9 Å². The minimum Gasteiger partial charge on any atom is -0.478 e. The second kappa shape index (κ2) is 5.85. The number of hydrogen-bond acceptors (Lipinski definition) is 2. The SMILES string of the molecule is C[C@@H]1CCCCN1Cc1ccc(C(=O)O)cc1Br. The molecule has 1 saturated heterocycles. The van der Waals surface area contributed by atoms with Gasteiger partial charge in [-0.2, -0.15) is 0 Å². The number of likely N-dealkylation sites (tertiary alicyclic amines) is 1. The summed E-state index contributed by atoms with van der Waals surface area (Å²) in [7, 11) is 0. The Morgan fingerprint density at radius 3 is 2.89 bits per heavy atom. The molecule has 0 saturated carbocycles. The van der Waals surface area contributed by atoms with Crippen molar-refractivity contribution in [3.8, 4) is 0 Å². The molecule has 4 heteroatoms. The van der Waals surface area contributed by atoms with Crippen molar-refractivity contribution in [3.63, 3.8) is 0 Å². The summed E-state index contributed by atoms with van der Waals surface area (Å²) in [5.74, 6) is -0.881. The van der Waals surface area contributed by atoms with Crippen LogP contribution in [0, 0.1) is 0 Å². The lowest BCUT2D eigenvalue weighted by atomic mass is 10.0. The highest BCUT2D eigenvalue weighted by atomic mass is 79.9. The van der Waals surface area contributed by atoms with E-state index in [4.69, 9.17) is 5.11 Å². The molecule has 0 radical (unpaired) electrons. The van der Waals surface area contributed by atoms with E-state index in [0.717, 1.165) is 23.1 Å². The molecule has 0 amide bonds. The Balaban J connectivity index is 2.11. The highest BCUT2D eigenvalue weighted by Gasteiger charge is 2.19. The Labute approximate surface area is 116 Å². The average Bonchev–Trinajstić information content (AvgIpc) is 2.34. The van der Waals surface area contributed by atoms with Crippen molar-refractivity contribution >= 4 is 21.9 Å². The molecule has 1 aliphatic rings. The van der Waals surface area contributed by atoms with Gasteiger partial charge in [-0.25, -0.2) is 4.79 Å². The van der Waals surface area contributed by atoms with E-state index in [0.29, 0.717) is 11.6 Å². The molecule has 1 aliphatic heterocycles. The zero-order valence-corrected chi connectivity index (χ0v) is 12.1. The number of carboxylic acids is 1. The van der Waals surface area contributed by atoms with Gasteiger partial charge >= 0.3 is 5.97 Å². The summed E-state index contributed by atoms with van der Waals surface area (Å²) in [4.78, 5) is 13.3. The van der Waals surface area contributed by atoms with Gasteiger partial charge in [0.1, 0.15) is 0 Å². The summed E-state index contributed by atoms with van der Waals surface area (Å²) in [5.41, 5.74) is 1.49. The first kappa shape index (κ1) is 13.6. The van der Waals surface area contributed by atoms with Gasteiger partial charge in [0.2, 0.25) is 0 Å². The maximum atomic E-state index is 10.9. The number of carboxylic acid groups (broad SMARTS) is 1. The maximum Gasteiger partial charge on any atom is 0.335 e. The normalized spacial score (nSPS) is 20.9. The third-order valence-electron chi connectivity index (χ3n) is 3.61. The molecule has 1 fully saturated rings. The number of rotatable bonds is 3. The summed E-state index contributed by atoms with van der Waals surface area (Å²) in [6.45, 7) is 4.29. The second-order valence-corrected chi connectivity index (χ2v) is 5.78. The third-order valence-corrected chi connectivity index (χ3v) is 4.35. The predicted octanol–water partition coefficient (Wildman–Crippen LogP) is 3.52. The van der Waals surface area contributed by atoms with E-state index in [1.807, 2.05) is 6.07 Å². The van der Waals surface area contributed by atoms with Crippen LogP contribution in [-0.4, -0.2) is 28.6 Å². The van der Waals surface area contributed by atoms with Crippen LogP contribution in [-0.2, 0) is 6.54 Å². The molecule has 1 N–H and O–H groups in total. The number of halogens is 1. The van der Waals surface area contributed by atoms with Gasteiger partial charge in [0, 0.05) is 17.1 Å². The van der Waals surface area contributed by atoms with Gasteiger partial charge in [-0.15, -0.1) is 0 Å². The van der Waals surface area contributed by atoms with Crippen LogP contribution in [0.25, 0.3) is 0 Å². The minimum absolute atomic E-state index is 0.331. The topological polar surface area (TPSA) is 40.5 Å². The lowest BCUT2D eigenvalue weighted by Crippen LogP contribution is -2.36. The van der Waals surface area contributed by atoms with Crippen LogP contribution in [0.3, 0.4) is 0 Å². The maximum absolute atomic E-state index is 10.9. The highest BCUT2D eigenvalue weighted by Crippen LogP contribution is 2.24. The van der Waals surface area contributed by atoms with Gasteiger partial charge in [0.25, 0.3) is 0 Å². The number of piperidine rings is 1. The van der Waals surface area contributed by atoms with E-state index in [-0.39, 0.29) is 0 Å². The number of hydrogen-bond donors (Lipinski definition) is 1. The first-order valence-corrected chi connectivity index (χ1v) is 7.13. The molecule has 98 valence electrons. The molecule has 0 aromatic heterocycles. The van der Waals surface area contributed by atoms with Crippen LogP contribution in [0.4, 0.5) is 0 Å². The van der Waals surface area contributed by atoms with Crippen molar-refractivity contribution in [1.82, 2.24) is 4.90 Å². The minimum atomic E-state index is -0.881. The van der Waals surface area contributed by atoms with Gasteiger partial charge in [0.05, 0.1) is 5.56 Å². The van der Waals surface area contributed by atoms with Crippen molar-refractivity contribution in [2.24, 2.45) is 0 Å². The second-order valence-electron chi connectivity index (χ2n) is 4.93. The fraction of sp³-hybridized carbons (Fsp3) is 0.500. The van der Waals surface area contributed by atoms with Crippen LogP contribution in [0.2, 0.25) is 0 Å². The molecule has 18 heavy (non-hydrogen) atoms. The number of nitrogens with zero attached hydrogens (tertiary/aromatic N) is 1. The molecular weight excluding hydrogens is 294 g/mol. The first-order chi connectivity index (χ1) is 8.58. The standard InChI is InChI=1S/C14H18BrNO2/c1-10-4-2-3-7-16(10)9-12-6-5-11(14(17)18)8-13(12)15/h5-6,8,10H,2-4,7,9H2,1H3,(H,17,18)/t10-/m1/s1. The van der Waals surface area contributed by atoms with E-state index in [9.17, 15) is 4.79 Å². The Kier molecular flexibility index (Phi) is 4.40. The molecule has 0 aliphatic carbocycles. The lowest BCUT2D eigenvalue weighted by Gasteiger charge is -2.33. The summed E-state index contributed by atoms with van der Waals surface area (Å²) >= 11 is 3.47.